The summed E-state index contributed by atoms with van der Waals surface area (Å²) in [5, 5.41) is 0. The fraction of sp³-hybridized carbons (Fsp3) is 0.750. The van der Waals surface area contributed by atoms with E-state index < -0.39 is 0 Å². The fourth-order valence-electron chi connectivity index (χ4n) is 2.42. The van der Waals surface area contributed by atoms with Crippen LogP contribution in [-0.2, 0) is 0 Å². The summed E-state index contributed by atoms with van der Waals surface area (Å²) in [5.41, 5.74) is 1.20. The molecule has 0 fully saturated rings. The fourth-order valence-corrected chi connectivity index (χ4v) is 2.42. The Balaban J connectivity index is 2.42. The molecule has 0 bridgehead atoms. The van der Waals surface area contributed by atoms with Crippen LogP contribution >= 0.6 is 0 Å². The average Bonchev–Trinajstić information content (AvgIpc) is 2.42. The summed E-state index contributed by atoms with van der Waals surface area (Å²) in [7, 11) is 0. The first-order valence-corrected chi connectivity index (χ1v) is 7.64. The standard InChI is InChI=1S/C16H28N2/c1-3-5-7-9-11-15(10-8-6-4-2)16-14-17-12-13-18-16/h12-15H,3-11H2,1-2H3. The molecule has 0 saturated carbocycles. The van der Waals surface area contributed by atoms with Gasteiger partial charge in [0.25, 0.3) is 0 Å². The highest BCUT2D eigenvalue weighted by Gasteiger charge is 2.12. The van der Waals surface area contributed by atoms with Crippen molar-refractivity contribution in [3.8, 4) is 0 Å². The van der Waals surface area contributed by atoms with Crippen molar-refractivity contribution in [2.45, 2.75) is 77.6 Å². The molecule has 1 aromatic rings. The number of hydrogen-bond donors (Lipinski definition) is 0. The number of aromatic nitrogens is 2. The zero-order chi connectivity index (χ0) is 13.1. The van der Waals surface area contributed by atoms with Crippen LogP contribution in [0.15, 0.2) is 18.6 Å². The summed E-state index contributed by atoms with van der Waals surface area (Å²) < 4.78 is 0. The van der Waals surface area contributed by atoms with Crippen molar-refractivity contribution in [1.82, 2.24) is 9.97 Å². The normalized spacial score (nSPS) is 12.6. The van der Waals surface area contributed by atoms with Crippen molar-refractivity contribution >= 4 is 0 Å². The molecule has 1 unspecified atom stereocenters. The van der Waals surface area contributed by atoms with E-state index in [-0.39, 0.29) is 0 Å². The second-order valence-electron chi connectivity index (χ2n) is 5.17. The molecule has 0 radical (unpaired) electrons. The van der Waals surface area contributed by atoms with Gasteiger partial charge in [0, 0.05) is 24.5 Å². The Hall–Kier alpha value is -0.920. The Morgan fingerprint density at radius 1 is 0.889 bits per heavy atom. The summed E-state index contributed by atoms with van der Waals surface area (Å²) in [4.78, 5) is 8.71. The summed E-state index contributed by atoms with van der Waals surface area (Å²) >= 11 is 0. The van der Waals surface area contributed by atoms with Crippen molar-refractivity contribution in [1.29, 1.82) is 0 Å². The van der Waals surface area contributed by atoms with Crippen molar-refractivity contribution < 1.29 is 0 Å². The maximum absolute atomic E-state index is 4.49. The van der Waals surface area contributed by atoms with E-state index in [1.807, 2.05) is 12.4 Å². The van der Waals surface area contributed by atoms with E-state index in [0.717, 1.165) is 0 Å². The maximum Gasteiger partial charge on any atom is 0.0617 e. The van der Waals surface area contributed by atoms with E-state index in [0.29, 0.717) is 5.92 Å². The Bertz CT molecular complexity index is 284. The third kappa shape index (κ3) is 6.13. The lowest BCUT2D eigenvalue weighted by Gasteiger charge is -2.15. The summed E-state index contributed by atoms with van der Waals surface area (Å²) in [6.07, 6.45) is 17.4. The molecule has 102 valence electrons. The third-order valence-corrected chi connectivity index (χ3v) is 3.56. The molecule has 0 amide bonds. The van der Waals surface area contributed by atoms with Gasteiger partial charge in [0.05, 0.1) is 5.69 Å². The number of nitrogens with zero attached hydrogens (tertiary/aromatic N) is 2. The molecule has 2 heteroatoms. The zero-order valence-electron chi connectivity index (χ0n) is 12.1. The molecule has 1 atom stereocenters. The van der Waals surface area contributed by atoms with E-state index in [1.165, 1.54) is 63.5 Å². The quantitative estimate of drug-likeness (QED) is 0.538. The van der Waals surface area contributed by atoms with Gasteiger partial charge in [0.1, 0.15) is 0 Å². The molecule has 0 aliphatic heterocycles. The van der Waals surface area contributed by atoms with Crippen molar-refractivity contribution in [3.63, 3.8) is 0 Å². The predicted octanol–water partition coefficient (Wildman–Crippen LogP) is 5.11. The monoisotopic (exact) mass is 248 g/mol. The van der Waals surface area contributed by atoms with E-state index in [9.17, 15) is 0 Å². The molecule has 0 aliphatic carbocycles. The minimum Gasteiger partial charge on any atom is -0.261 e. The molecule has 1 rings (SSSR count). The van der Waals surface area contributed by atoms with Crippen LogP contribution in [0.5, 0.6) is 0 Å². The summed E-state index contributed by atoms with van der Waals surface area (Å²) in [6.45, 7) is 4.53. The first-order valence-electron chi connectivity index (χ1n) is 7.64. The van der Waals surface area contributed by atoms with Gasteiger partial charge in [-0.3, -0.25) is 9.97 Å². The Morgan fingerprint density at radius 3 is 2.17 bits per heavy atom. The van der Waals surface area contributed by atoms with Crippen LogP contribution in [0.1, 0.15) is 83.2 Å². The molecule has 1 heterocycles. The minimum atomic E-state index is 0.627. The summed E-state index contributed by atoms with van der Waals surface area (Å²) in [5.74, 6) is 0.627. The Morgan fingerprint density at radius 2 is 1.56 bits per heavy atom. The highest BCUT2D eigenvalue weighted by molar-refractivity contribution is 5.03. The van der Waals surface area contributed by atoms with Crippen molar-refractivity contribution in [3.05, 3.63) is 24.3 Å². The number of hydrogen-bond acceptors (Lipinski definition) is 2. The molecule has 0 spiro atoms. The van der Waals surface area contributed by atoms with E-state index in [4.69, 9.17) is 0 Å². The zero-order valence-corrected chi connectivity index (χ0v) is 12.1. The van der Waals surface area contributed by atoms with E-state index >= 15 is 0 Å². The van der Waals surface area contributed by atoms with Crippen molar-refractivity contribution in [2.75, 3.05) is 0 Å². The van der Waals surface area contributed by atoms with Crippen LogP contribution < -0.4 is 0 Å². The van der Waals surface area contributed by atoms with Crippen LogP contribution in [-0.4, -0.2) is 9.97 Å². The van der Waals surface area contributed by atoms with E-state index in [2.05, 4.69) is 23.8 Å². The average molecular weight is 248 g/mol. The van der Waals surface area contributed by atoms with Crippen LogP contribution in [0, 0.1) is 0 Å². The largest absolute Gasteiger partial charge is 0.261 e. The molecule has 0 aromatic carbocycles. The van der Waals surface area contributed by atoms with Gasteiger partial charge >= 0.3 is 0 Å². The molecule has 0 aliphatic rings. The number of rotatable bonds is 10. The van der Waals surface area contributed by atoms with Gasteiger partial charge in [-0.05, 0) is 12.8 Å². The van der Waals surface area contributed by atoms with Crippen molar-refractivity contribution in [2.24, 2.45) is 0 Å². The van der Waals surface area contributed by atoms with Gasteiger partial charge in [-0.25, -0.2) is 0 Å². The second kappa shape index (κ2) is 10.0. The SMILES string of the molecule is CCCCCCC(CCCCC)c1cnccn1. The second-order valence-corrected chi connectivity index (χ2v) is 5.17. The highest BCUT2D eigenvalue weighted by Crippen LogP contribution is 2.26. The van der Waals surface area contributed by atoms with Gasteiger partial charge in [-0.15, -0.1) is 0 Å². The van der Waals surface area contributed by atoms with Gasteiger partial charge in [0.2, 0.25) is 0 Å². The molecule has 1 aromatic heterocycles. The lowest BCUT2D eigenvalue weighted by molar-refractivity contribution is 0.492. The molecule has 0 saturated heterocycles. The van der Waals surface area contributed by atoms with Gasteiger partial charge in [-0.2, -0.15) is 0 Å². The van der Waals surface area contributed by atoms with Crippen LogP contribution in [0.3, 0.4) is 0 Å². The molecular weight excluding hydrogens is 220 g/mol. The van der Waals surface area contributed by atoms with Crippen LogP contribution in [0.4, 0.5) is 0 Å². The molecule has 18 heavy (non-hydrogen) atoms. The van der Waals surface area contributed by atoms with Crippen LogP contribution in [0.2, 0.25) is 0 Å². The highest BCUT2D eigenvalue weighted by atomic mass is 14.8. The smallest absolute Gasteiger partial charge is 0.0617 e. The lowest BCUT2D eigenvalue weighted by atomic mass is 9.92. The maximum atomic E-state index is 4.49. The molecule has 0 N–H and O–H groups in total. The van der Waals surface area contributed by atoms with Gasteiger partial charge < -0.3 is 0 Å². The Kier molecular flexibility index (Phi) is 8.45. The van der Waals surface area contributed by atoms with Crippen LogP contribution in [0.25, 0.3) is 0 Å². The first-order chi connectivity index (χ1) is 8.88. The Labute approximate surface area is 112 Å². The third-order valence-electron chi connectivity index (χ3n) is 3.56. The topological polar surface area (TPSA) is 25.8 Å². The predicted molar refractivity (Wildman–Crippen MR) is 77.7 cm³/mol. The van der Waals surface area contributed by atoms with E-state index in [1.54, 1.807) is 6.20 Å². The van der Waals surface area contributed by atoms with Gasteiger partial charge in [-0.1, -0.05) is 58.8 Å². The minimum absolute atomic E-state index is 0.627. The lowest BCUT2D eigenvalue weighted by Crippen LogP contribution is -2.02. The number of unbranched alkanes of at least 4 members (excludes halogenated alkanes) is 5. The summed E-state index contributed by atoms with van der Waals surface area (Å²) in [6, 6.07) is 0. The molecule has 2 nitrogen and oxygen atoms in total. The van der Waals surface area contributed by atoms with Gasteiger partial charge in [0.15, 0.2) is 0 Å². The molecular formula is C16H28N2. The first kappa shape index (κ1) is 15.1.